The number of benzene rings is 1. The van der Waals surface area contributed by atoms with Gasteiger partial charge in [-0.25, -0.2) is 0 Å². The molecule has 0 radical (unpaired) electrons. The number of nitrogens with zero attached hydrogens (tertiary/aromatic N) is 2. The second kappa shape index (κ2) is 6.46. The van der Waals surface area contributed by atoms with E-state index in [2.05, 4.69) is 15.8 Å². The van der Waals surface area contributed by atoms with Crippen molar-refractivity contribution in [1.82, 2.24) is 10.6 Å². The summed E-state index contributed by atoms with van der Waals surface area (Å²) in [5, 5.41) is 19.0. The normalized spacial score (nSPS) is 18.2. The molecule has 2 rings (SSSR count). The smallest absolute Gasteiger partial charge is 0.269 e. The Hall–Kier alpha value is -2.97. The number of hydrogen-bond donors (Lipinski definition) is 2. The summed E-state index contributed by atoms with van der Waals surface area (Å²) in [6.45, 7) is -0.136. The molecular weight excluding hydrogens is 280 g/mol. The maximum atomic E-state index is 11.4. The van der Waals surface area contributed by atoms with E-state index in [4.69, 9.17) is 4.84 Å². The molecule has 2 N–H and O–H groups in total. The fraction of sp³-hybridized carbons (Fsp3) is 0.250. The van der Waals surface area contributed by atoms with Gasteiger partial charge in [-0.1, -0.05) is 5.16 Å². The molecule has 1 unspecified atom stereocenters. The first kappa shape index (κ1) is 14.4. The first-order valence-corrected chi connectivity index (χ1v) is 6.03. The Morgan fingerprint density at radius 1 is 1.38 bits per heavy atom. The molecule has 0 bridgehead atoms. The number of carbonyl (C=O) groups is 2. The number of hydrogen-bond acceptors (Lipinski definition) is 6. The lowest BCUT2D eigenvalue weighted by Gasteiger charge is -2.21. The summed E-state index contributed by atoms with van der Waals surface area (Å²) in [5.74, 6) is -0.623. The monoisotopic (exact) mass is 292 g/mol. The molecule has 0 aromatic heterocycles. The first-order valence-electron chi connectivity index (χ1n) is 6.03. The Morgan fingerprint density at radius 3 is 2.76 bits per heavy atom. The molecule has 1 heterocycles. The fourth-order valence-electron chi connectivity index (χ4n) is 1.62. The van der Waals surface area contributed by atoms with E-state index >= 15 is 0 Å². The highest BCUT2D eigenvalue weighted by Crippen LogP contribution is 2.10. The van der Waals surface area contributed by atoms with Gasteiger partial charge in [0.25, 0.3) is 5.69 Å². The molecule has 9 heteroatoms. The number of carbonyl (C=O) groups excluding carboxylic acids is 2. The van der Waals surface area contributed by atoms with Crippen LogP contribution in [0.15, 0.2) is 29.4 Å². The van der Waals surface area contributed by atoms with Crippen molar-refractivity contribution < 1.29 is 19.3 Å². The molecule has 1 aromatic carbocycles. The number of nitro benzene ring substituents is 1. The van der Waals surface area contributed by atoms with Gasteiger partial charge < -0.3 is 15.5 Å². The second-order valence-corrected chi connectivity index (χ2v) is 4.22. The van der Waals surface area contributed by atoms with E-state index in [1.165, 1.54) is 30.5 Å². The average molecular weight is 292 g/mol. The zero-order valence-electron chi connectivity index (χ0n) is 10.8. The van der Waals surface area contributed by atoms with Gasteiger partial charge in [0, 0.05) is 12.1 Å². The third kappa shape index (κ3) is 4.00. The van der Waals surface area contributed by atoms with Crippen molar-refractivity contribution in [2.24, 2.45) is 5.16 Å². The Labute approximate surface area is 119 Å². The van der Waals surface area contributed by atoms with Crippen LogP contribution in [0.3, 0.4) is 0 Å². The van der Waals surface area contributed by atoms with E-state index in [1.54, 1.807) is 0 Å². The third-order valence-electron chi connectivity index (χ3n) is 2.70. The molecule has 0 aliphatic carbocycles. The second-order valence-electron chi connectivity index (χ2n) is 4.22. The van der Waals surface area contributed by atoms with E-state index in [0.717, 1.165) is 0 Å². The van der Waals surface area contributed by atoms with Gasteiger partial charge >= 0.3 is 0 Å². The van der Waals surface area contributed by atoms with Crippen LogP contribution in [0.1, 0.15) is 5.56 Å². The molecule has 110 valence electrons. The van der Waals surface area contributed by atoms with Gasteiger partial charge in [0.2, 0.25) is 11.8 Å². The SMILES string of the molecule is O=C1CNC(=O)C(CON=Cc2ccc([N+](=O)[O-])cc2)N1. The van der Waals surface area contributed by atoms with Gasteiger partial charge in [-0.2, -0.15) is 0 Å². The lowest BCUT2D eigenvalue weighted by Crippen LogP contribution is -2.57. The molecule has 21 heavy (non-hydrogen) atoms. The van der Waals surface area contributed by atoms with Crippen LogP contribution in [0.5, 0.6) is 0 Å². The van der Waals surface area contributed by atoms with E-state index in [1.807, 2.05) is 0 Å². The van der Waals surface area contributed by atoms with Crippen molar-refractivity contribution in [1.29, 1.82) is 0 Å². The predicted molar refractivity (Wildman–Crippen MR) is 71.6 cm³/mol. The Balaban J connectivity index is 1.83. The number of amides is 2. The summed E-state index contributed by atoms with van der Waals surface area (Å²) in [6, 6.07) is 4.94. The van der Waals surface area contributed by atoms with Crippen LogP contribution in [0.4, 0.5) is 5.69 Å². The van der Waals surface area contributed by atoms with Gasteiger partial charge in [0.05, 0.1) is 17.7 Å². The number of nitrogens with one attached hydrogen (secondary N) is 2. The number of non-ortho nitro benzene ring substituents is 1. The molecule has 9 nitrogen and oxygen atoms in total. The largest absolute Gasteiger partial charge is 0.393 e. The van der Waals surface area contributed by atoms with Crippen molar-refractivity contribution in [3.8, 4) is 0 Å². The van der Waals surface area contributed by atoms with E-state index in [0.29, 0.717) is 5.56 Å². The van der Waals surface area contributed by atoms with Crippen molar-refractivity contribution >= 4 is 23.7 Å². The molecular formula is C12H12N4O5. The van der Waals surface area contributed by atoms with Crippen LogP contribution >= 0.6 is 0 Å². The lowest BCUT2D eigenvalue weighted by atomic mass is 10.2. The van der Waals surface area contributed by atoms with E-state index < -0.39 is 11.0 Å². The lowest BCUT2D eigenvalue weighted by molar-refractivity contribution is -0.384. The molecule has 2 amide bonds. The van der Waals surface area contributed by atoms with Crippen molar-refractivity contribution in [3.05, 3.63) is 39.9 Å². The highest BCUT2D eigenvalue weighted by molar-refractivity contribution is 5.94. The summed E-state index contributed by atoms with van der Waals surface area (Å²) >= 11 is 0. The molecule has 1 aliphatic rings. The summed E-state index contributed by atoms with van der Waals surface area (Å²) < 4.78 is 0. The predicted octanol–water partition coefficient (Wildman–Crippen LogP) is -0.440. The zero-order valence-corrected chi connectivity index (χ0v) is 10.8. The van der Waals surface area contributed by atoms with Crippen molar-refractivity contribution in [2.45, 2.75) is 6.04 Å². The minimum Gasteiger partial charge on any atom is -0.393 e. The van der Waals surface area contributed by atoms with Crippen molar-refractivity contribution in [3.63, 3.8) is 0 Å². The topological polar surface area (TPSA) is 123 Å². The fourth-order valence-corrected chi connectivity index (χ4v) is 1.62. The van der Waals surface area contributed by atoms with Crippen LogP contribution < -0.4 is 10.6 Å². The third-order valence-corrected chi connectivity index (χ3v) is 2.70. The first-order chi connectivity index (χ1) is 10.1. The van der Waals surface area contributed by atoms with E-state index in [-0.39, 0.29) is 30.7 Å². The minimum absolute atomic E-state index is 0.0188. The summed E-state index contributed by atoms with van der Waals surface area (Å²) in [5.41, 5.74) is 0.590. The number of rotatable bonds is 5. The van der Waals surface area contributed by atoms with Crippen molar-refractivity contribution in [2.75, 3.05) is 13.2 Å². The quantitative estimate of drug-likeness (QED) is 0.432. The van der Waals surface area contributed by atoms with E-state index in [9.17, 15) is 19.7 Å². The Kier molecular flexibility index (Phi) is 4.44. The maximum Gasteiger partial charge on any atom is 0.269 e. The zero-order chi connectivity index (χ0) is 15.2. The molecule has 1 saturated heterocycles. The van der Waals surface area contributed by atoms with Crippen LogP contribution in [0.2, 0.25) is 0 Å². The average Bonchev–Trinajstić information content (AvgIpc) is 2.47. The van der Waals surface area contributed by atoms with Crippen LogP contribution in [-0.2, 0) is 14.4 Å². The van der Waals surface area contributed by atoms with Gasteiger partial charge in [-0.15, -0.1) is 0 Å². The molecule has 1 aliphatic heterocycles. The van der Waals surface area contributed by atoms with Crippen LogP contribution in [0, 0.1) is 10.1 Å². The standard InChI is InChI=1S/C12H12N4O5/c17-11-6-13-12(18)10(15-11)7-21-14-5-8-1-3-9(4-2-8)16(19)20/h1-5,10H,6-7H2,(H,13,18)(H,15,17). The maximum absolute atomic E-state index is 11.4. The highest BCUT2D eigenvalue weighted by atomic mass is 16.6. The summed E-state index contributed by atoms with van der Waals surface area (Å²) in [7, 11) is 0. The number of piperazine rings is 1. The Bertz CT molecular complexity index is 584. The summed E-state index contributed by atoms with van der Waals surface area (Å²) in [4.78, 5) is 37.4. The van der Waals surface area contributed by atoms with Gasteiger partial charge in [0.15, 0.2) is 0 Å². The van der Waals surface area contributed by atoms with Gasteiger partial charge in [-0.05, 0) is 17.7 Å². The summed E-state index contributed by atoms with van der Waals surface area (Å²) in [6.07, 6.45) is 1.35. The molecule has 0 spiro atoms. The molecule has 1 aromatic rings. The van der Waals surface area contributed by atoms with Crippen LogP contribution in [-0.4, -0.2) is 42.1 Å². The molecule has 0 saturated carbocycles. The minimum atomic E-state index is -0.778. The highest BCUT2D eigenvalue weighted by Gasteiger charge is 2.26. The number of nitro groups is 1. The van der Waals surface area contributed by atoms with Gasteiger partial charge in [0.1, 0.15) is 12.6 Å². The van der Waals surface area contributed by atoms with Gasteiger partial charge in [-0.3, -0.25) is 19.7 Å². The molecule has 1 fully saturated rings. The Morgan fingerprint density at radius 2 is 2.10 bits per heavy atom. The van der Waals surface area contributed by atoms with Crippen LogP contribution in [0.25, 0.3) is 0 Å². The number of oxime groups is 1. The molecule has 1 atom stereocenters.